The third kappa shape index (κ3) is 5.28. The SMILES string of the molecule is COCCCCC(=O)Nc1ccc(Br)c(C)n1. The zero-order valence-corrected chi connectivity index (χ0v) is 11.7. The summed E-state index contributed by atoms with van der Waals surface area (Å²) in [5.41, 5.74) is 0.863. The van der Waals surface area contributed by atoms with Gasteiger partial charge in [0.1, 0.15) is 5.82 Å². The van der Waals surface area contributed by atoms with Crippen LogP contribution in [0.25, 0.3) is 0 Å². The molecule has 0 radical (unpaired) electrons. The van der Waals surface area contributed by atoms with E-state index in [1.54, 1.807) is 13.2 Å². The number of carbonyl (C=O) groups is 1. The molecule has 1 amide bonds. The highest BCUT2D eigenvalue weighted by molar-refractivity contribution is 9.10. The number of methoxy groups -OCH3 is 1. The molecule has 0 aromatic carbocycles. The molecule has 0 spiro atoms. The molecular weight excluding hydrogens is 284 g/mol. The second-order valence-corrected chi connectivity index (χ2v) is 4.62. The number of nitrogens with one attached hydrogen (secondary N) is 1. The maximum absolute atomic E-state index is 11.6. The van der Waals surface area contributed by atoms with E-state index in [2.05, 4.69) is 26.2 Å². The van der Waals surface area contributed by atoms with Crippen LogP contribution in [-0.4, -0.2) is 24.6 Å². The molecule has 1 N–H and O–H groups in total. The number of rotatable bonds is 6. The Balaban J connectivity index is 2.37. The van der Waals surface area contributed by atoms with Gasteiger partial charge in [0.2, 0.25) is 5.91 Å². The Kier molecular flexibility index (Phi) is 6.15. The van der Waals surface area contributed by atoms with E-state index in [1.165, 1.54) is 0 Å². The second-order valence-electron chi connectivity index (χ2n) is 3.76. The van der Waals surface area contributed by atoms with Gasteiger partial charge in [-0.05, 0) is 47.8 Å². The molecule has 0 aliphatic carbocycles. The summed E-state index contributed by atoms with van der Waals surface area (Å²) >= 11 is 3.37. The Morgan fingerprint density at radius 1 is 1.47 bits per heavy atom. The largest absolute Gasteiger partial charge is 0.385 e. The molecule has 1 rings (SSSR count). The number of halogens is 1. The second kappa shape index (κ2) is 7.40. The molecular formula is C12H17BrN2O2. The van der Waals surface area contributed by atoms with Crippen LogP contribution in [0.1, 0.15) is 25.0 Å². The van der Waals surface area contributed by atoms with Crippen molar-refractivity contribution in [1.82, 2.24) is 4.98 Å². The van der Waals surface area contributed by atoms with Gasteiger partial charge < -0.3 is 10.1 Å². The molecule has 1 aromatic heterocycles. The number of ether oxygens (including phenoxy) is 1. The molecule has 1 aromatic rings. The Labute approximate surface area is 110 Å². The van der Waals surface area contributed by atoms with Crippen molar-refractivity contribution in [1.29, 1.82) is 0 Å². The number of unbranched alkanes of at least 4 members (excludes halogenated alkanes) is 1. The van der Waals surface area contributed by atoms with Crippen LogP contribution in [0, 0.1) is 6.92 Å². The summed E-state index contributed by atoms with van der Waals surface area (Å²) in [6, 6.07) is 3.66. The fraction of sp³-hybridized carbons (Fsp3) is 0.500. The van der Waals surface area contributed by atoms with Crippen molar-refractivity contribution in [3.05, 3.63) is 22.3 Å². The Bertz CT molecular complexity index is 383. The highest BCUT2D eigenvalue weighted by atomic mass is 79.9. The molecule has 17 heavy (non-hydrogen) atoms. The lowest BCUT2D eigenvalue weighted by atomic mass is 10.2. The molecule has 0 atom stereocenters. The van der Waals surface area contributed by atoms with Crippen molar-refractivity contribution in [2.45, 2.75) is 26.2 Å². The van der Waals surface area contributed by atoms with E-state index >= 15 is 0 Å². The topological polar surface area (TPSA) is 51.2 Å². The molecule has 4 nitrogen and oxygen atoms in total. The monoisotopic (exact) mass is 300 g/mol. The molecule has 0 unspecified atom stereocenters. The summed E-state index contributed by atoms with van der Waals surface area (Å²) < 4.78 is 5.86. The van der Waals surface area contributed by atoms with Crippen molar-refractivity contribution in [3.63, 3.8) is 0 Å². The van der Waals surface area contributed by atoms with Gasteiger partial charge in [0.15, 0.2) is 0 Å². The average Bonchev–Trinajstić information content (AvgIpc) is 2.30. The average molecular weight is 301 g/mol. The smallest absolute Gasteiger partial charge is 0.225 e. The van der Waals surface area contributed by atoms with Crippen molar-refractivity contribution < 1.29 is 9.53 Å². The summed E-state index contributed by atoms with van der Waals surface area (Å²) in [5.74, 6) is 0.595. The van der Waals surface area contributed by atoms with Crippen molar-refractivity contribution in [2.75, 3.05) is 19.0 Å². The van der Waals surface area contributed by atoms with E-state index in [4.69, 9.17) is 4.74 Å². The third-order valence-electron chi connectivity index (χ3n) is 2.29. The van der Waals surface area contributed by atoms with Gasteiger partial charge in [-0.1, -0.05) is 0 Å². The third-order valence-corrected chi connectivity index (χ3v) is 3.13. The van der Waals surface area contributed by atoms with E-state index < -0.39 is 0 Å². The summed E-state index contributed by atoms with van der Waals surface area (Å²) in [6.45, 7) is 2.58. The van der Waals surface area contributed by atoms with E-state index in [-0.39, 0.29) is 5.91 Å². The molecule has 0 aliphatic rings. The first-order valence-corrected chi connectivity index (χ1v) is 6.34. The maximum Gasteiger partial charge on any atom is 0.225 e. The molecule has 0 saturated carbocycles. The summed E-state index contributed by atoms with van der Waals surface area (Å²) in [5, 5.41) is 2.78. The lowest BCUT2D eigenvalue weighted by Crippen LogP contribution is -2.12. The van der Waals surface area contributed by atoms with Crippen LogP contribution in [0.3, 0.4) is 0 Å². The number of amides is 1. The van der Waals surface area contributed by atoms with E-state index in [9.17, 15) is 4.79 Å². The number of hydrogen-bond acceptors (Lipinski definition) is 3. The summed E-state index contributed by atoms with van der Waals surface area (Å²) in [4.78, 5) is 15.8. The fourth-order valence-electron chi connectivity index (χ4n) is 1.35. The number of hydrogen-bond donors (Lipinski definition) is 1. The van der Waals surface area contributed by atoms with Gasteiger partial charge in [-0.2, -0.15) is 0 Å². The predicted molar refractivity (Wildman–Crippen MR) is 71.0 cm³/mol. The minimum atomic E-state index is -0.00433. The van der Waals surface area contributed by atoms with Crippen LogP contribution in [0.5, 0.6) is 0 Å². The van der Waals surface area contributed by atoms with Gasteiger partial charge in [-0.25, -0.2) is 4.98 Å². The number of anilines is 1. The minimum absolute atomic E-state index is 0.00433. The lowest BCUT2D eigenvalue weighted by molar-refractivity contribution is -0.116. The quantitative estimate of drug-likeness (QED) is 0.822. The first-order chi connectivity index (χ1) is 8.13. The van der Waals surface area contributed by atoms with Crippen molar-refractivity contribution >= 4 is 27.7 Å². The zero-order valence-electron chi connectivity index (χ0n) is 10.1. The number of nitrogens with zero attached hydrogens (tertiary/aromatic N) is 1. The van der Waals surface area contributed by atoms with Crippen LogP contribution in [0.15, 0.2) is 16.6 Å². The number of aromatic nitrogens is 1. The van der Waals surface area contributed by atoms with Crippen LogP contribution < -0.4 is 5.32 Å². The first-order valence-electron chi connectivity index (χ1n) is 5.55. The van der Waals surface area contributed by atoms with E-state index in [0.717, 1.165) is 23.0 Å². The Morgan fingerprint density at radius 2 is 2.24 bits per heavy atom. The van der Waals surface area contributed by atoms with Gasteiger partial charge in [-0.3, -0.25) is 4.79 Å². The van der Waals surface area contributed by atoms with Gasteiger partial charge in [0.05, 0.1) is 5.69 Å². The molecule has 0 saturated heterocycles. The highest BCUT2D eigenvalue weighted by Crippen LogP contribution is 2.16. The van der Waals surface area contributed by atoms with E-state index in [1.807, 2.05) is 13.0 Å². The number of pyridine rings is 1. The van der Waals surface area contributed by atoms with Crippen LogP contribution >= 0.6 is 15.9 Å². The van der Waals surface area contributed by atoms with E-state index in [0.29, 0.717) is 18.8 Å². The predicted octanol–water partition coefficient (Wildman–Crippen LogP) is 2.91. The first kappa shape index (κ1) is 14.1. The number of aryl methyl sites for hydroxylation is 1. The Hall–Kier alpha value is -0.940. The standard InChI is InChI=1S/C12H17BrN2O2/c1-9-10(13)6-7-11(14-9)15-12(16)5-3-4-8-17-2/h6-7H,3-5,8H2,1-2H3,(H,14,15,16). The van der Waals surface area contributed by atoms with Crippen molar-refractivity contribution in [3.8, 4) is 0 Å². The Morgan fingerprint density at radius 3 is 2.88 bits per heavy atom. The minimum Gasteiger partial charge on any atom is -0.385 e. The lowest BCUT2D eigenvalue weighted by Gasteiger charge is -2.06. The zero-order chi connectivity index (χ0) is 12.7. The van der Waals surface area contributed by atoms with Crippen LogP contribution in [0.4, 0.5) is 5.82 Å². The van der Waals surface area contributed by atoms with Gasteiger partial charge >= 0.3 is 0 Å². The van der Waals surface area contributed by atoms with Gasteiger partial charge in [-0.15, -0.1) is 0 Å². The summed E-state index contributed by atoms with van der Waals surface area (Å²) in [7, 11) is 1.66. The molecule has 0 fully saturated rings. The van der Waals surface area contributed by atoms with Gasteiger partial charge in [0, 0.05) is 24.6 Å². The van der Waals surface area contributed by atoms with Crippen molar-refractivity contribution in [2.24, 2.45) is 0 Å². The summed E-state index contributed by atoms with van der Waals surface area (Å²) in [6.07, 6.45) is 2.23. The maximum atomic E-state index is 11.6. The number of carbonyl (C=O) groups excluding carboxylic acids is 1. The molecule has 0 aliphatic heterocycles. The normalized spacial score (nSPS) is 10.3. The fourth-order valence-corrected chi connectivity index (χ4v) is 1.57. The molecule has 5 heteroatoms. The molecule has 94 valence electrons. The van der Waals surface area contributed by atoms with Crippen LogP contribution in [-0.2, 0) is 9.53 Å². The highest BCUT2D eigenvalue weighted by Gasteiger charge is 2.04. The molecule has 0 bridgehead atoms. The van der Waals surface area contributed by atoms with Gasteiger partial charge in [0.25, 0.3) is 0 Å². The van der Waals surface area contributed by atoms with Crippen LogP contribution in [0.2, 0.25) is 0 Å². The molecule has 1 heterocycles.